The first-order chi connectivity index (χ1) is 19.0. The molecule has 6 heteroatoms. The van der Waals surface area contributed by atoms with Crippen LogP contribution < -0.4 is 4.74 Å². The van der Waals surface area contributed by atoms with E-state index in [1.165, 1.54) is 6.92 Å². The van der Waals surface area contributed by atoms with Gasteiger partial charge in [-0.15, -0.1) is 0 Å². The molecule has 0 amide bonds. The molecule has 1 saturated carbocycles. The van der Waals surface area contributed by atoms with E-state index in [0.29, 0.717) is 50.4 Å². The van der Waals surface area contributed by atoms with E-state index in [1.54, 1.807) is 13.0 Å². The van der Waals surface area contributed by atoms with Crippen LogP contribution in [-0.2, 0) is 19.1 Å². The Morgan fingerprint density at radius 1 is 0.975 bits per heavy atom. The number of benzene rings is 2. The van der Waals surface area contributed by atoms with Crippen LogP contribution >= 0.6 is 0 Å². The largest absolute Gasteiger partial charge is 0.493 e. The third kappa shape index (κ3) is 7.27. The number of carbonyl (C=O) groups is 3. The molecule has 0 aliphatic heterocycles. The van der Waals surface area contributed by atoms with E-state index in [9.17, 15) is 14.4 Å². The third-order valence-electron chi connectivity index (χ3n) is 8.59. The normalized spacial score (nSPS) is 20.7. The van der Waals surface area contributed by atoms with Gasteiger partial charge in [0.2, 0.25) is 0 Å². The molecule has 2 aromatic carbocycles. The summed E-state index contributed by atoms with van der Waals surface area (Å²) in [6.45, 7) is 14.4. The Labute approximate surface area is 239 Å². The second-order valence-electron chi connectivity index (χ2n) is 11.2. The second kappa shape index (κ2) is 14.2. The van der Waals surface area contributed by atoms with Gasteiger partial charge in [-0.2, -0.15) is 0 Å². The molecule has 0 saturated heterocycles. The molecule has 0 radical (unpaired) electrons. The maximum absolute atomic E-state index is 14.0. The van der Waals surface area contributed by atoms with Crippen molar-refractivity contribution in [1.29, 1.82) is 0 Å². The van der Waals surface area contributed by atoms with Gasteiger partial charge >= 0.3 is 0 Å². The van der Waals surface area contributed by atoms with Crippen LogP contribution in [0, 0.1) is 18.3 Å². The fraction of sp³-hybridized carbons (Fsp3) is 0.559. The predicted octanol–water partition coefficient (Wildman–Crippen LogP) is 7.22. The van der Waals surface area contributed by atoms with Gasteiger partial charge in [0.15, 0.2) is 5.78 Å². The zero-order chi connectivity index (χ0) is 29.4. The second-order valence-corrected chi connectivity index (χ2v) is 11.2. The van der Waals surface area contributed by atoms with Crippen LogP contribution in [0.4, 0.5) is 0 Å². The van der Waals surface area contributed by atoms with E-state index in [0.717, 1.165) is 16.7 Å². The summed E-state index contributed by atoms with van der Waals surface area (Å²) in [6, 6.07) is 13.8. The Hall–Kier alpha value is -2.83. The lowest BCUT2D eigenvalue weighted by atomic mass is 9.60. The van der Waals surface area contributed by atoms with E-state index in [2.05, 4.69) is 6.92 Å². The van der Waals surface area contributed by atoms with Crippen LogP contribution in [0.5, 0.6) is 5.75 Å². The fourth-order valence-corrected chi connectivity index (χ4v) is 6.09. The lowest BCUT2D eigenvalue weighted by molar-refractivity contribution is -0.151. The van der Waals surface area contributed by atoms with Gasteiger partial charge in [0.1, 0.15) is 17.3 Å². The highest BCUT2D eigenvalue weighted by Gasteiger charge is 2.50. The van der Waals surface area contributed by atoms with Crippen molar-refractivity contribution >= 4 is 17.3 Å². The minimum absolute atomic E-state index is 0.0303. The number of ether oxygens (including phenoxy) is 3. The summed E-state index contributed by atoms with van der Waals surface area (Å²) < 4.78 is 17.8. The van der Waals surface area contributed by atoms with E-state index < -0.39 is 5.41 Å². The minimum atomic E-state index is -0.656. The topological polar surface area (TPSA) is 78.9 Å². The zero-order valence-corrected chi connectivity index (χ0v) is 25.3. The average Bonchev–Trinajstić information content (AvgIpc) is 2.90. The van der Waals surface area contributed by atoms with Crippen molar-refractivity contribution in [2.75, 3.05) is 19.8 Å². The molecule has 3 rings (SSSR count). The van der Waals surface area contributed by atoms with Crippen LogP contribution in [0.1, 0.15) is 106 Å². The molecule has 0 heterocycles. The molecule has 0 bridgehead atoms. The number of rotatable bonds is 16. The van der Waals surface area contributed by atoms with Gasteiger partial charge in [-0.1, -0.05) is 43.3 Å². The Bertz CT molecular complexity index is 1160. The molecular weight excluding hydrogens is 504 g/mol. The smallest absolute Gasteiger partial charge is 0.163 e. The highest BCUT2D eigenvalue weighted by atomic mass is 16.5. The van der Waals surface area contributed by atoms with E-state index >= 15 is 0 Å². The summed E-state index contributed by atoms with van der Waals surface area (Å²) in [5, 5.41) is 0. The van der Waals surface area contributed by atoms with E-state index in [-0.39, 0.29) is 47.8 Å². The van der Waals surface area contributed by atoms with Crippen molar-refractivity contribution in [2.45, 2.75) is 92.3 Å². The van der Waals surface area contributed by atoms with Crippen LogP contribution in [0.15, 0.2) is 42.5 Å². The van der Waals surface area contributed by atoms with Crippen LogP contribution in [0.2, 0.25) is 0 Å². The van der Waals surface area contributed by atoms with Gasteiger partial charge in [-0.3, -0.25) is 14.4 Å². The van der Waals surface area contributed by atoms with E-state index in [4.69, 9.17) is 14.2 Å². The molecule has 1 aliphatic rings. The molecule has 3 atom stereocenters. The highest BCUT2D eigenvalue weighted by Crippen LogP contribution is 2.48. The van der Waals surface area contributed by atoms with Crippen molar-refractivity contribution in [1.82, 2.24) is 0 Å². The first-order valence-corrected chi connectivity index (χ1v) is 14.6. The van der Waals surface area contributed by atoms with Crippen LogP contribution in [0.25, 0.3) is 0 Å². The fourth-order valence-electron chi connectivity index (χ4n) is 6.09. The highest BCUT2D eigenvalue weighted by molar-refractivity contribution is 5.97. The van der Waals surface area contributed by atoms with Crippen molar-refractivity contribution in [2.24, 2.45) is 11.3 Å². The number of carbonyl (C=O) groups excluding carboxylic acids is 3. The first-order valence-electron chi connectivity index (χ1n) is 14.6. The van der Waals surface area contributed by atoms with Gasteiger partial charge in [0.25, 0.3) is 0 Å². The molecule has 0 N–H and O–H groups in total. The summed E-state index contributed by atoms with van der Waals surface area (Å²) in [4.78, 5) is 39.1. The van der Waals surface area contributed by atoms with Gasteiger partial charge in [-0.25, -0.2) is 0 Å². The van der Waals surface area contributed by atoms with Gasteiger partial charge < -0.3 is 14.2 Å². The summed E-state index contributed by atoms with van der Waals surface area (Å²) in [6.07, 6.45) is 1.84. The molecule has 40 heavy (non-hydrogen) atoms. The summed E-state index contributed by atoms with van der Waals surface area (Å²) in [5.41, 5.74) is 2.82. The SMILES string of the molecule is CCOc1c(C(C)=O)ccc([C@@H](C)C(CCO[C@H](C)c2ccccc2)C(=O)CC2(C(C)=O)CC(OCC)C2)c1C. The lowest BCUT2D eigenvalue weighted by Gasteiger charge is -2.46. The molecule has 0 aromatic heterocycles. The van der Waals surface area contributed by atoms with Gasteiger partial charge in [0, 0.05) is 31.0 Å². The minimum Gasteiger partial charge on any atom is -0.493 e. The predicted molar refractivity (Wildman–Crippen MR) is 157 cm³/mol. The molecule has 1 unspecified atom stereocenters. The Kier molecular flexibility index (Phi) is 11.2. The van der Waals surface area contributed by atoms with Gasteiger partial charge in [-0.05, 0) is 89.5 Å². The lowest BCUT2D eigenvalue weighted by Crippen LogP contribution is -2.49. The maximum Gasteiger partial charge on any atom is 0.163 e. The Morgan fingerprint density at radius 3 is 2.23 bits per heavy atom. The number of hydrogen-bond donors (Lipinski definition) is 0. The van der Waals surface area contributed by atoms with Crippen molar-refractivity contribution in [3.8, 4) is 5.75 Å². The quantitative estimate of drug-likeness (QED) is 0.205. The summed E-state index contributed by atoms with van der Waals surface area (Å²) >= 11 is 0. The monoisotopic (exact) mass is 550 g/mol. The molecule has 218 valence electrons. The molecule has 2 aromatic rings. The summed E-state index contributed by atoms with van der Waals surface area (Å²) in [5.74, 6) is 0.133. The molecule has 1 fully saturated rings. The number of Topliss-reactive ketones (excluding diaryl/α,β-unsaturated/α-hetero) is 3. The van der Waals surface area contributed by atoms with Gasteiger partial charge in [0.05, 0.1) is 24.4 Å². The Morgan fingerprint density at radius 2 is 1.65 bits per heavy atom. The number of ketones is 3. The van der Waals surface area contributed by atoms with Crippen molar-refractivity contribution in [3.63, 3.8) is 0 Å². The third-order valence-corrected chi connectivity index (χ3v) is 8.59. The summed E-state index contributed by atoms with van der Waals surface area (Å²) in [7, 11) is 0. The molecule has 0 spiro atoms. The number of hydrogen-bond acceptors (Lipinski definition) is 6. The first kappa shape index (κ1) is 31.7. The Balaban J connectivity index is 1.88. The maximum atomic E-state index is 14.0. The molecule has 1 aliphatic carbocycles. The van der Waals surface area contributed by atoms with Crippen LogP contribution in [-0.4, -0.2) is 43.3 Å². The van der Waals surface area contributed by atoms with Crippen molar-refractivity contribution in [3.05, 3.63) is 64.7 Å². The molecule has 6 nitrogen and oxygen atoms in total. The molecular formula is C34H46O6. The van der Waals surface area contributed by atoms with E-state index in [1.807, 2.05) is 64.1 Å². The van der Waals surface area contributed by atoms with Crippen LogP contribution in [0.3, 0.4) is 0 Å². The van der Waals surface area contributed by atoms with Crippen molar-refractivity contribution < 1.29 is 28.6 Å². The zero-order valence-electron chi connectivity index (χ0n) is 25.3. The average molecular weight is 551 g/mol. The standard InChI is InChI=1S/C34H46O6/c1-8-38-28-19-34(20-28,26(7)36)21-32(37)30(17-18-40-25(6)27-13-11-10-12-14-27)22(3)29-15-16-31(24(5)35)33(23(29)4)39-9-2/h10-16,22,25,28,30H,8-9,17-21H2,1-7H3/t22-,25-,28?,30?,34?/m1/s1.